The molecule has 2 amide bonds. The van der Waals surface area contributed by atoms with Crippen molar-refractivity contribution in [2.45, 2.75) is 25.9 Å². The second-order valence-electron chi connectivity index (χ2n) is 4.79. The van der Waals surface area contributed by atoms with Crippen molar-refractivity contribution < 1.29 is 4.79 Å². The molecule has 2 N–H and O–H groups in total. The number of nitrogens with one attached hydrogen (secondary N) is 2. The van der Waals surface area contributed by atoms with Gasteiger partial charge in [-0.1, -0.05) is 6.07 Å². The first-order valence-electron chi connectivity index (χ1n) is 6.72. The summed E-state index contributed by atoms with van der Waals surface area (Å²) in [6.07, 6.45) is 2.02. The number of aryl methyl sites for hydroxylation is 1. The molecule has 1 aromatic carbocycles. The van der Waals surface area contributed by atoms with Crippen LogP contribution in [0.15, 0.2) is 24.3 Å². The average molecular weight is 282 g/mol. The molecular weight excluding hydrogens is 268 g/mol. The molecule has 106 valence electrons. The van der Waals surface area contributed by atoms with Gasteiger partial charge in [-0.3, -0.25) is 0 Å². The number of rotatable bonds is 3. The van der Waals surface area contributed by atoms with Gasteiger partial charge < -0.3 is 15.2 Å². The van der Waals surface area contributed by atoms with Gasteiger partial charge in [0.1, 0.15) is 5.82 Å². The smallest absolute Gasteiger partial charge is 0.319 e. The Labute approximate surface area is 121 Å². The Kier molecular flexibility index (Phi) is 3.51. The summed E-state index contributed by atoms with van der Waals surface area (Å²) in [5, 5.41) is 22.4. The molecule has 7 heteroatoms. The van der Waals surface area contributed by atoms with Crippen molar-refractivity contribution in [3.63, 3.8) is 0 Å². The summed E-state index contributed by atoms with van der Waals surface area (Å²) >= 11 is 0. The van der Waals surface area contributed by atoms with Crippen LogP contribution in [0, 0.1) is 11.3 Å². The van der Waals surface area contributed by atoms with Crippen LogP contribution in [-0.4, -0.2) is 20.8 Å². The van der Waals surface area contributed by atoms with Gasteiger partial charge in [0.15, 0.2) is 5.82 Å². The van der Waals surface area contributed by atoms with E-state index in [-0.39, 0.29) is 6.03 Å². The number of carbonyl (C=O) groups excluding carboxylic acids is 1. The molecule has 0 spiro atoms. The fourth-order valence-electron chi connectivity index (χ4n) is 2.34. The lowest BCUT2D eigenvalue weighted by atomic mass is 10.2. The maximum atomic E-state index is 11.8. The van der Waals surface area contributed by atoms with E-state index in [1.54, 1.807) is 24.3 Å². The highest BCUT2D eigenvalue weighted by Gasteiger charge is 2.17. The van der Waals surface area contributed by atoms with Gasteiger partial charge in [-0.2, -0.15) is 5.26 Å². The van der Waals surface area contributed by atoms with E-state index < -0.39 is 0 Å². The van der Waals surface area contributed by atoms with Gasteiger partial charge in [0.2, 0.25) is 0 Å². The summed E-state index contributed by atoms with van der Waals surface area (Å²) in [5.74, 6) is 1.75. The Morgan fingerprint density at radius 2 is 2.33 bits per heavy atom. The number of benzene rings is 1. The van der Waals surface area contributed by atoms with Gasteiger partial charge in [0.25, 0.3) is 0 Å². The summed E-state index contributed by atoms with van der Waals surface area (Å²) in [6, 6.07) is 8.45. The van der Waals surface area contributed by atoms with Gasteiger partial charge in [-0.05, 0) is 24.6 Å². The molecule has 2 aromatic rings. The molecule has 21 heavy (non-hydrogen) atoms. The van der Waals surface area contributed by atoms with Crippen LogP contribution in [0.4, 0.5) is 10.5 Å². The Morgan fingerprint density at radius 1 is 1.43 bits per heavy atom. The maximum absolute atomic E-state index is 11.8. The van der Waals surface area contributed by atoms with Crippen LogP contribution in [0.5, 0.6) is 0 Å². The molecule has 0 saturated carbocycles. The third-order valence-electron chi connectivity index (χ3n) is 3.34. The van der Waals surface area contributed by atoms with E-state index in [9.17, 15) is 4.79 Å². The highest BCUT2D eigenvalue weighted by Crippen LogP contribution is 2.14. The second kappa shape index (κ2) is 5.63. The van der Waals surface area contributed by atoms with Crippen molar-refractivity contribution in [3.05, 3.63) is 41.5 Å². The summed E-state index contributed by atoms with van der Waals surface area (Å²) in [4.78, 5) is 11.8. The fourth-order valence-corrected chi connectivity index (χ4v) is 2.34. The third kappa shape index (κ3) is 2.84. The molecular formula is C14H14N6O. The molecule has 1 aromatic heterocycles. The monoisotopic (exact) mass is 282 g/mol. The number of anilines is 1. The summed E-state index contributed by atoms with van der Waals surface area (Å²) in [7, 11) is 0. The quantitative estimate of drug-likeness (QED) is 0.889. The molecule has 0 bridgehead atoms. The highest BCUT2D eigenvalue weighted by molar-refractivity contribution is 5.89. The standard InChI is InChI=1S/C14H14N6O/c15-8-10-3-1-4-11(7-10)17-14(21)16-9-13-19-18-12-5-2-6-20(12)13/h1,3-4,7H,2,5-6,9H2,(H2,16,17,21). The van der Waals surface area contributed by atoms with E-state index >= 15 is 0 Å². The molecule has 0 unspecified atom stereocenters. The molecule has 1 aliphatic rings. The zero-order valence-electron chi connectivity index (χ0n) is 11.3. The van der Waals surface area contributed by atoms with Crippen LogP contribution in [-0.2, 0) is 19.5 Å². The topological polar surface area (TPSA) is 95.6 Å². The number of hydrogen-bond donors (Lipinski definition) is 2. The van der Waals surface area contributed by atoms with Gasteiger partial charge in [0.05, 0.1) is 18.2 Å². The minimum absolute atomic E-state index is 0.330. The molecule has 0 radical (unpaired) electrons. The minimum atomic E-state index is -0.333. The van der Waals surface area contributed by atoms with E-state index in [2.05, 4.69) is 20.8 Å². The number of aromatic nitrogens is 3. The predicted molar refractivity (Wildman–Crippen MR) is 75.4 cm³/mol. The zero-order chi connectivity index (χ0) is 14.7. The number of nitriles is 1. The Morgan fingerprint density at radius 3 is 3.19 bits per heavy atom. The molecule has 7 nitrogen and oxygen atoms in total. The van der Waals surface area contributed by atoms with Gasteiger partial charge in [-0.15, -0.1) is 10.2 Å². The van der Waals surface area contributed by atoms with Gasteiger partial charge in [-0.25, -0.2) is 4.79 Å². The molecule has 0 saturated heterocycles. The molecule has 0 aliphatic carbocycles. The number of fused-ring (bicyclic) bond motifs is 1. The minimum Gasteiger partial charge on any atom is -0.331 e. The lowest BCUT2D eigenvalue weighted by Crippen LogP contribution is -2.29. The van der Waals surface area contributed by atoms with Crippen LogP contribution < -0.4 is 10.6 Å². The van der Waals surface area contributed by atoms with Crippen molar-refractivity contribution in [1.82, 2.24) is 20.1 Å². The van der Waals surface area contributed by atoms with E-state index in [4.69, 9.17) is 5.26 Å². The number of urea groups is 1. The van der Waals surface area contributed by atoms with Gasteiger partial charge >= 0.3 is 6.03 Å². The zero-order valence-corrected chi connectivity index (χ0v) is 11.3. The SMILES string of the molecule is N#Cc1cccc(NC(=O)NCc2nnc3n2CCC3)c1. The predicted octanol–water partition coefficient (Wildman–Crippen LogP) is 1.42. The van der Waals surface area contributed by atoms with Crippen molar-refractivity contribution in [2.24, 2.45) is 0 Å². The number of nitrogens with zero attached hydrogens (tertiary/aromatic N) is 4. The van der Waals surface area contributed by atoms with E-state index in [0.717, 1.165) is 31.0 Å². The fraction of sp³-hybridized carbons (Fsp3) is 0.286. The maximum Gasteiger partial charge on any atom is 0.319 e. The Bertz CT molecular complexity index is 714. The summed E-state index contributed by atoms with van der Waals surface area (Å²) < 4.78 is 2.04. The largest absolute Gasteiger partial charge is 0.331 e. The average Bonchev–Trinajstić information content (AvgIpc) is 3.09. The molecule has 1 aliphatic heterocycles. The van der Waals surface area contributed by atoms with Crippen LogP contribution in [0.1, 0.15) is 23.6 Å². The summed E-state index contributed by atoms with van der Waals surface area (Å²) in [6.45, 7) is 1.24. The van der Waals surface area contributed by atoms with Crippen LogP contribution in [0.25, 0.3) is 0 Å². The number of amides is 2. The molecule has 3 rings (SSSR count). The van der Waals surface area contributed by atoms with Crippen LogP contribution >= 0.6 is 0 Å². The Hall–Kier alpha value is -2.88. The summed E-state index contributed by atoms with van der Waals surface area (Å²) in [5.41, 5.74) is 1.08. The van der Waals surface area contributed by atoms with Crippen molar-refractivity contribution in [3.8, 4) is 6.07 Å². The van der Waals surface area contributed by atoms with Crippen LogP contribution in [0.2, 0.25) is 0 Å². The highest BCUT2D eigenvalue weighted by atomic mass is 16.2. The Balaban J connectivity index is 1.58. The molecule has 0 fully saturated rings. The van der Waals surface area contributed by atoms with E-state index in [1.807, 2.05) is 10.6 Å². The van der Waals surface area contributed by atoms with Crippen molar-refractivity contribution >= 4 is 11.7 Å². The second-order valence-corrected chi connectivity index (χ2v) is 4.79. The normalized spacial score (nSPS) is 12.5. The lowest BCUT2D eigenvalue weighted by molar-refractivity contribution is 0.251. The first-order chi connectivity index (χ1) is 10.3. The van der Waals surface area contributed by atoms with E-state index in [1.165, 1.54) is 0 Å². The van der Waals surface area contributed by atoms with Crippen molar-refractivity contribution in [1.29, 1.82) is 5.26 Å². The lowest BCUT2D eigenvalue weighted by Gasteiger charge is -2.08. The molecule has 2 heterocycles. The third-order valence-corrected chi connectivity index (χ3v) is 3.34. The molecule has 0 atom stereocenters. The van der Waals surface area contributed by atoms with Gasteiger partial charge in [0, 0.05) is 18.7 Å². The van der Waals surface area contributed by atoms with Crippen LogP contribution in [0.3, 0.4) is 0 Å². The van der Waals surface area contributed by atoms with E-state index in [0.29, 0.717) is 17.8 Å². The van der Waals surface area contributed by atoms with Crippen molar-refractivity contribution in [2.75, 3.05) is 5.32 Å². The number of hydrogen-bond acceptors (Lipinski definition) is 4. The number of carbonyl (C=O) groups is 1. The first kappa shape index (κ1) is 13.1. The first-order valence-corrected chi connectivity index (χ1v) is 6.72.